The van der Waals surface area contributed by atoms with Crippen molar-refractivity contribution in [3.05, 3.63) is 77.7 Å². The molecule has 1 atom stereocenters. The second kappa shape index (κ2) is 7.37. The molecule has 1 aliphatic heterocycles. The van der Waals surface area contributed by atoms with E-state index in [4.69, 9.17) is 4.42 Å². The molecule has 0 spiro atoms. The number of nitrogens with zero attached hydrogens (tertiary/aromatic N) is 3. The van der Waals surface area contributed by atoms with Crippen LogP contribution in [0.3, 0.4) is 0 Å². The van der Waals surface area contributed by atoms with Crippen LogP contribution in [0.4, 0.5) is 0 Å². The molecule has 27 heavy (non-hydrogen) atoms. The minimum absolute atomic E-state index is 0.00808. The van der Waals surface area contributed by atoms with E-state index >= 15 is 0 Å². The third-order valence-corrected chi connectivity index (χ3v) is 5.05. The molecule has 3 aromatic rings. The van der Waals surface area contributed by atoms with E-state index in [0.29, 0.717) is 23.9 Å². The summed E-state index contributed by atoms with van der Waals surface area (Å²) in [5, 5.41) is 0. The van der Waals surface area contributed by atoms with Crippen molar-refractivity contribution in [2.24, 2.45) is 0 Å². The van der Waals surface area contributed by atoms with Gasteiger partial charge in [0.25, 0.3) is 5.91 Å². The van der Waals surface area contributed by atoms with Gasteiger partial charge in [-0.15, -0.1) is 0 Å². The van der Waals surface area contributed by atoms with Crippen LogP contribution in [0, 0.1) is 6.92 Å². The molecule has 4 rings (SSSR count). The van der Waals surface area contributed by atoms with Crippen LogP contribution < -0.4 is 0 Å². The van der Waals surface area contributed by atoms with Crippen molar-refractivity contribution in [3.8, 4) is 11.5 Å². The lowest BCUT2D eigenvalue weighted by Gasteiger charge is -2.40. The Morgan fingerprint density at radius 3 is 2.41 bits per heavy atom. The summed E-state index contributed by atoms with van der Waals surface area (Å²) in [5.74, 6) is 0.979. The lowest BCUT2D eigenvalue weighted by atomic mass is 10.0. The lowest BCUT2D eigenvalue weighted by molar-refractivity contribution is 0.0491. The van der Waals surface area contributed by atoms with Crippen LogP contribution in [0.25, 0.3) is 11.5 Å². The average Bonchev–Trinajstić information content (AvgIpc) is 3.10. The van der Waals surface area contributed by atoms with Crippen molar-refractivity contribution in [3.63, 3.8) is 0 Å². The molecule has 138 valence electrons. The van der Waals surface area contributed by atoms with Gasteiger partial charge in [0.05, 0.1) is 6.04 Å². The van der Waals surface area contributed by atoms with E-state index < -0.39 is 0 Å². The molecule has 1 amide bonds. The van der Waals surface area contributed by atoms with Gasteiger partial charge in [-0.3, -0.25) is 4.79 Å². The second-order valence-electron chi connectivity index (χ2n) is 6.98. The minimum atomic E-state index is -0.0691. The number of hydrogen-bond donors (Lipinski definition) is 0. The van der Waals surface area contributed by atoms with Crippen LogP contribution in [0.1, 0.15) is 27.9 Å². The van der Waals surface area contributed by atoms with Gasteiger partial charge in [0.2, 0.25) is 5.89 Å². The normalized spacial score (nSPS) is 17.9. The Kier molecular flexibility index (Phi) is 4.77. The summed E-state index contributed by atoms with van der Waals surface area (Å²) in [7, 11) is 2.09. The standard InChI is InChI=1S/C22H23N3O2/c1-16-20(23-21(27-16)18-11-7-4-8-12-18)22(26)25-14-13-24(2)15-19(25)17-9-5-3-6-10-17/h3-12,19H,13-15H2,1-2H3. The van der Waals surface area contributed by atoms with Crippen LogP contribution in [0.5, 0.6) is 0 Å². The summed E-state index contributed by atoms with van der Waals surface area (Å²) in [6.07, 6.45) is 0. The molecule has 5 heteroatoms. The molecule has 1 unspecified atom stereocenters. The van der Waals surface area contributed by atoms with E-state index in [9.17, 15) is 4.79 Å². The van der Waals surface area contributed by atoms with E-state index in [1.165, 1.54) is 0 Å². The summed E-state index contributed by atoms with van der Waals surface area (Å²) in [4.78, 5) is 22.1. The van der Waals surface area contributed by atoms with E-state index in [-0.39, 0.29) is 11.9 Å². The van der Waals surface area contributed by atoms with Gasteiger partial charge in [-0.25, -0.2) is 4.98 Å². The number of carbonyl (C=O) groups excluding carboxylic acids is 1. The zero-order valence-corrected chi connectivity index (χ0v) is 15.6. The molecule has 5 nitrogen and oxygen atoms in total. The highest BCUT2D eigenvalue weighted by atomic mass is 16.4. The first-order chi connectivity index (χ1) is 13.1. The van der Waals surface area contributed by atoms with Gasteiger partial charge in [0, 0.05) is 25.2 Å². The maximum Gasteiger partial charge on any atom is 0.276 e. The van der Waals surface area contributed by atoms with Gasteiger partial charge < -0.3 is 14.2 Å². The van der Waals surface area contributed by atoms with E-state index in [1.807, 2.05) is 53.4 Å². The van der Waals surface area contributed by atoms with Crippen molar-refractivity contribution in [1.29, 1.82) is 0 Å². The average molecular weight is 361 g/mol. The van der Waals surface area contributed by atoms with Gasteiger partial charge in [-0.05, 0) is 31.7 Å². The highest BCUT2D eigenvalue weighted by Gasteiger charge is 2.33. The summed E-state index contributed by atoms with van der Waals surface area (Å²) < 4.78 is 5.81. The number of carbonyl (C=O) groups is 1. The van der Waals surface area contributed by atoms with Crippen LogP contribution in [-0.2, 0) is 0 Å². The second-order valence-corrected chi connectivity index (χ2v) is 6.98. The van der Waals surface area contributed by atoms with Gasteiger partial charge >= 0.3 is 0 Å². The lowest BCUT2D eigenvalue weighted by Crippen LogP contribution is -2.49. The van der Waals surface area contributed by atoms with Gasteiger partial charge in [-0.1, -0.05) is 48.5 Å². The number of aromatic nitrogens is 1. The minimum Gasteiger partial charge on any atom is -0.441 e. The summed E-state index contributed by atoms with van der Waals surface area (Å²) in [6.45, 7) is 4.12. The first-order valence-electron chi connectivity index (χ1n) is 9.21. The van der Waals surface area contributed by atoms with Crippen LogP contribution in [-0.4, -0.2) is 47.4 Å². The number of rotatable bonds is 3. The topological polar surface area (TPSA) is 49.6 Å². The Morgan fingerprint density at radius 1 is 1.04 bits per heavy atom. The molecule has 1 fully saturated rings. The van der Waals surface area contributed by atoms with Crippen LogP contribution in [0.2, 0.25) is 0 Å². The van der Waals surface area contributed by atoms with E-state index in [1.54, 1.807) is 6.92 Å². The Morgan fingerprint density at radius 2 is 1.70 bits per heavy atom. The predicted molar refractivity (Wildman–Crippen MR) is 104 cm³/mol. The molecule has 0 bridgehead atoms. The Balaban J connectivity index is 1.66. The van der Waals surface area contributed by atoms with E-state index in [2.05, 4.69) is 29.1 Å². The molecule has 1 aliphatic rings. The fraction of sp³-hybridized carbons (Fsp3) is 0.273. The number of benzene rings is 2. The zero-order chi connectivity index (χ0) is 18.8. The summed E-state index contributed by atoms with van der Waals surface area (Å²) >= 11 is 0. The number of likely N-dealkylation sites (N-methyl/N-ethyl adjacent to an activating group) is 1. The number of piperazine rings is 1. The first kappa shape index (κ1) is 17.5. The Bertz CT molecular complexity index is 921. The van der Waals surface area contributed by atoms with Crippen molar-refractivity contribution >= 4 is 5.91 Å². The van der Waals surface area contributed by atoms with Crippen molar-refractivity contribution in [2.75, 3.05) is 26.7 Å². The maximum atomic E-state index is 13.3. The molecule has 0 saturated carbocycles. The largest absolute Gasteiger partial charge is 0.441 e. The molecular weight excluding hydrogens is 338 g/mol. The summed E-state index contributed by atoms with van der Waals surface area (Å²) in [5.41, 5.74) is 2.42. The van der Waals surface area contributed by atoms with Gasteiger partial charge in [0.15, 0.2) is 5.69 Å². The molecule has 1 aromatic heterocycles. The monoisotopic (exact) mass is 361 g/mol. The SMILES string of the molecule is Cc1oc(-c2ccccc2)nc1C(=O)N1CCN(C)CC1c1ccccc1. The predicted octanol–water partition coefficient (Wildman–Crippen LogP) is 3.78. The molecule has 0 aliphatic carbocycles. The molecule has 0 N–H and O–H groups in total. The van der Waals surface area contributed by atoms with Crippen molar-refractivity contribution in [2.45, 2.75) is 13.0 Å². The third-order valence-electron chi connectivity index (χ3n) is 5.05. The summed E-state index contributed by atoms with van der Waals surface area (Å²) in [6, 6.07) is 19.9. The Hall–Kier alpha value is -2.92. The number of amides is 1. The molecule has 0 radical (unpaired) electrons. The number of oxazole rings is 1. The van der Waals surface area contributed by atoms with Crippen LogP contribution in [0.15, 0.2) is 65.1 Å². The maximum absolute atomic E-state index is 13.3. The van der Waals surface area contributed by atoms with Gasteiger partial charge in [-0.2, -0.15) is 0 Å². The van der Waals surface area contributed by atoms with Crippen molar-refractivity contribution < 1.29 is 9.21 Å². The van der Waals surface area contributed by atoms with Crippen LogP contribution >= 0.6 is 0 Å². The number of aryl methyl sites for hydroxylation is 1. The Labute approximate surface area is 159 Å². The quantitative estimate of drug-likeness (QED) is 0.712. The highest BCUT2D eigenvalue weighted by molar-refractivity contribution is 5.94. The molecule has 2 heterocycles. The number of hydrogen-bond acceptors (Lipinski definition) is 4. The van der Waals surface area contributed by atoms with Crippen molar-refractivity contribution in [1.82, 2.24) is 14.8 Å². The van der Waals surface area contributed by atoms with E-state index in [0.717, 1.165) is 24.2 Å². The fourth-order valence-electron chi connectivity index (χ4n) is 3.56. The third kappa shape index (κ3) is 3.51. The van der Waals surface area contributed by atoms with Gasteiger partial charge in [0.1, 0.15) is 5.76 Å². The zero-order valence-electron chi connectivity index (χ0n) is 15.6. The highest BCUT2D eigenvalue weighted by Crippen LogP contribution is 2.28. The fourth-order valence-corrected chi connectivity index (χ4v) is 3.56. The smallest absolute Gasteiger partial charge is 0.276 e. The molecular formula is C22H23N3O2. The molecule has 1 saturated heterocycles. The first-order valence-corrected chi connectivity index (χ1v) is 9.21. The molecule has 2 aromatic carbocycles.